The van der Waals surface area contributed by atoms with E-state index >= 15 is 0 Å². The minimum Gasteiger partial charge on any atom is -0.247 e. The summed E-state index contributed by atoms with van der Waals surface area (Å²) in [6.07, 6.45) is 0.661. The molecule has 0 spiro atoms. The highest BCUT2D eigenvalue weighted by atomic mass is 28.3. The average Bonchev–Trinajstić information content (AvgIpc) is 2.18. The molecule has 4 nitrogen and oxygen atoms in total. The second kappa shape index (κ2) is 7.08. The molecule has 0 fully saturated rings. The predicted octanol–water partition coefficient (Wildman–Crippen LogP) is 3.44. The summed E-state index contributed by atoms with van der Waals surface area (Å²) in [5.74, 6) is -0.891. The first-order valence-corrected chi connectivity index (χ1v) is 13.8. The van der Waals surface area contributed by atoms with Gasteiger partial charge >= 0.3 is 11.9 Å². The Morgan fingerprint density at radius 3 is 1.22 bits per heavy atom. The first-order valence-electron chi connectivity index (χ1n) is 6.40. The van der Waals surface area contributed by atoms with Crippen molar-refractivity contribution in [1.82, 2.24) is 0 Å². The summed E-state index contributed by atoms with van der Waals surface area (Å²) in [6.45, 7) is 13.1. The van der Waals surface area contributed by atoms with Crippen molar-refractivity contribution in [1.29, 1.82) is 0 Å². The molecule has 0 rings (SSSR count). The van der Waals surface area contributed by atoms with Crippen molar-refractivity contribution in [2.45, 2.75) is 64.2 Å². The first kappa shape index (κ1) is 17.4. The van der Waals surface area contributed by atoms with Crippen LogP contribution >= 0.6 is 0 Å². The Bertz CT molecular complexity index is 259. The monoisotopic (exact) mass is 290 g/mol. The average molecular weight is 291 g/mol. The van der Waals surface area contributed by atoms with E-state index in [1.54, 1.807) is 0 Å². The molecule has 0 aromatic carbocycles. The van der Waals surface area contributed by atoms with E-state index in [0.29, 0.717) is 12.8 Å². The molecular formula is C12H26O4Si2. The number of rotatable bonds is 6. The highest BCUT2D eigenvalue weighted by Crippen LogP contribution is 2.13. The Labute approximate surface area is 112 Å². The van der Waals surface area contributed by atoms with Crippen molar-refractivity contribution in [3.05, 3.63) is 0 Å². The van der Waals surface area contributed by atoms with E-state index in [4.69, 9.17) is 0 Å². The van der Waals surface area contributed by atoms with E-state index in [0.717, 1.165) is 12.1 Å². The van der Waals surface area contributed by atoms with Crippen LogP contribution in [0.1, 0.15) is 12.8 Å². The Kier molecular flexibility index (Phi) is 6.84. The van der Waals surface area contributed by atoms with Crippen LogP contribution in [0.25, 0.3) is 0 Å². The zero-order valence-electron chi connectivity index (χ0n) is 12.5. The molecule has 0 aromatic rings. The molecule has 0 amide bonds. The molecule has 0 aromatic heterocycles. The Morgan fingerprint density at radius 1 is 0.722 bits per heavy atom. The van der Waals surface area contributed by atoms with E-state index < -0.39 is 28.1 Å². The minimum absolute atomic E-state index is 0.330. The first-order chi connectivity index (χ1) is 7.99. The molecule has 0 aliphatic carbocycles. The number of carbonyl (C=O) groups excluding carboxylic acids is 2. The van der Waals surface area contributed by atoms with Crippen molar-refractivity contribution in [2.24, 2.45) is 0 Å². The fourth-order valence-corrected chi connectivity index (χ4v) is 3.04. The molecular weight excluding hydrogens is 264 g/mol. The summed E-state index contributed by atoms with van der Waals surface area (Å²) in [6, 6.07) is 1.69. The van der Waals surface area contributed by atoms with Crippen molar-refractivity contribution in [2.75, 3.05) is 0 Å². The van der Waals surface area contributed by atoms with Gasteiger partial charge < -0.3 is 0 Å². The molecule has 0 aliphatic heterocycles. The number of hydrogen-bond donors (Lipinski definition) is 0. The summed E-state index contributed by atoms with van der Waals surface area (Å²) in [7, 11) is -2.50. The predicted molar refractivity (Wildman–Crippen MR) is 77.7 cm³/mol. The fraction of sp³-hybridized carbons (Fsp3) is 0.833. The van der Waals surface area contributed by atoms with Gasteiger partial charge in [0.05, 0.1) is 0 Å². The molecule has 0 radical (unpaired) electrons. The molecule has 0 bridgehead atoms. The maximum absolute atomic E-state index is 11.3. The lowest BCUT2D eigenvalue weighted by Gasteiger charge is -2.15. The lowest BCUT2D eigenvalue weighted by atomic mass is 10.5. The van der Waals surface area contributed by atoms with Crippen LogP contribution < -0.4 is 0 Å². The van der Waals surface area contributed by atoms with Crippen LogP contribution in [-0.4, -0.2) is 28.1 Å². The minimum atomic E-state index is -1.25. The third-order valence-corrected chi connectivity index (χ3v) is 5.89. The maximum Gasteiger partial charge on any atom is 0.355 e. The molecule has 0 saturated heterocycles. The van der Waals surface area contributed by atoms with Crippen LogP contribution in [-0.2, 0) is 19.4 Å². The van der Waals surface area contributed by atoms with Crippen LogP contribution in [0.4, 0.5) is 0 Å². The lowest BCUT2D eigenvalue weighted by Crippen LogP contribution is -2.23. The highest BCUT2D eigenvalue weighted by molar-refractivity contribution is 6.76. The summed E-state index contributed by atoms with van der Waals surface area (Å²) in [5, 5.41) is 0. The lowest BCUT2D eigenvalue weighted by molar-refractivity contribution is -0.258. The summed E-state index contributed by atoms with van der Waals surface area (Å²) < 4.78 is 0. The molecule has 18 heavy (non-hydrogen) atoms. The second-order valence-electron chi connectivity index (χ2n) is 7.03. The van der Waals surface area contributed by atoms with Gasteiger partial charge in [0, 0.05) is 29.0 Å². The van der Waals surface area contributed by atoms with Gasteiger partial charge in [-0.3, -0.25) is 0 Å². The van der Waals surface area contributed by atoms with Gasteiger partial charge in [-0.05, 0) is 12.1 Å². The third kappa shape index (κ3) is 11.8. The van der Waals surface area contributed by atoms with Crippen LogP contribution in [0.15, 0.2) is 0 Å². The van der Waals surface area contributed by atoms with Crippen LogP contribution in [0.5, 0.6) is 0 Å². The molecule has 0 unspecified atom stereocenters. The van der Waals surface area contributed by atoms with Crippen molar-refractivity contribution >= 4 is 28.1 Å². The highest BCUT2D eigenvalue weighted by Gasteiger charge is 2.19. The molecule has 0 aliphatic rings. The maximum atomic E-state index is 11.3. The van der Waals surface area contributed by atoms with Crippen molar-refractivity contribution in [3.8, 4) is 0 Å². The normalized spacial score (nSPS) is 12.1. The topological polar surface area (TPSA) is 52.6 Å². The molecule has 0 heterocycles. The van der Waals surface area contributed by atoms with E-state index in [1.165, 1.54) is 0 Å². The summed E-state index contributed by atoms with van der Waals surface area (Å²) >= 11 is 0. The summed E-state index contributed by atoms with van der Waals surface area (Å²) in [4.78, 5) is 31.7. The van der Waals surface area contributed by atoms with E-state index in [-0.39, 0.29) is 0 Å². The van der Waals surface area contributed by atoms with Gasteiger partial charge in [-0.25, -0.2) is 19.4 Å². The molecule has 0 atom stereocenters. The summed E-state index contributed by atoms with van der Waals surface area (Å²) in [5.41, 5.74) is 0. The largest absolute Gasteiger partial charge is 0.355 e. The van der Waals surface area contributed by atoms with Gasteiger partial charge in [0.2, 0.25) is 0 Å². The van der Waals surface area contributed by atoms with Crippen molar-refractivity contribution in [3.63, 3.8) is 0 Å². The Hall–Kier alpha value is -0.626. The quantitative estimate of drug-likeness (QED) is 0.427. The molecule has 0 saturated carbocycles. The van der Waals surface area contributed by atoms with Gasteiger partial charge in [0.15, 0.2) is 0 Å². The Morgan fingerprint density at radius 2 is 1.00 bits per heavy atom. The smallest absolute Gasteiger partial charge is 0.247 e. The van der Waals surface area contributed by atoms with Gasteiger partial charge in [-0.2, -0.15) is 0 Å². The van der Waals surface area contributed by atoms with E-state index in [1.807, 2.05) is 0 Å². The molecule has 106 valence electrons. The molecule has 0 N–H and O–H groups in total. The van der Waals surface area contributed by atoms with Gasteiger partial charge in [0.25, 0.3) is 0 Å². The molecule has 6 heteroatoms. The van der Waals surface area contributed by atoms with Gasteiger partial charge in [-0.1, -0.05) is 39.3 Å². The van der Waals surface area contributed by atoms with Crippen molar-refractivity contribution < 1.29 is 19.4 Å². The zero-order valence-corrected chi connectivity index (χ0v) is 14.5. The number of carbonyl (C=O) groups is 2. The second-order valence-corrected chi connectivity index (χ2v) is 18.3. The van der Waals surface area contributed by atoms with Crippen LogP contribution in [0, 0.1) is 0 Å². The number of hydrogen-bond acceptors (Lipinski definition) is 4. The van der Waals surface area contributed by atoms with Gasteiger partial charge in [-0.15, -0.1) is 0 Å². The van der Waals surface area contributed by atoms with Gasteiger partial charge in [0.1, 0.15) is 0 Å². The standard InChI is InChI=1S/C12H26O4Si2/c1-17(2,3)9-7-11(13)15-16-12(14)8-10-18(4,5)6/h7-10H2,1-6H3. The van der Waals surface area contributed by atoms with Crippen LogP contribution in [0.2, 0.25) is 51.4 Å². The third-order valence-electron chi connectivity index (χ3n) is 2.39. The zero-order chi connectivity index (χ0) is 14.4. The van der Waals surface area contributed by atoms with Crippen LogP contribution in [0.3, 0.4) is 0 Å². The fourth-order valence-electron chi connectivity index (χ4n) is 1.13. The SMILES string of the molecule is C[Si](C)(C)CCC(=O)OOC(=O)CC[Si](C)(C)C. The Balaban J connectivity index is 3.76. The van der Waals surface area contributed by atoms with E-state index in [9.17, 15) is 9.59 Å². The van der Waals surface area contributed by atoms with E-state index in [2.05, 4.69) is 49.1 Å².